The fourth-order valence-corrected chi connectivity index (χ4v) is 3.44. The number of fused-ring (bicyclic) bond motifs is 1. The SMILES string of the molecule is CN1Sc2ccccc2C(=O)C1C(=O)Nc1ccc(Cl)cc1. The number of carbonyl (C=O) groups excluding carboxylic acids is 2. The first-order chi connectivity index (χ1) is 10.6. The first-order valence-corrected chi connectivity index (χ1v) is 7.82. The van der Waals surface area contributed by atoms with E-state index < -0.39 is 6.04 Å². The Hall–Kier alpha value is -1.82. The molecule has 0 fully saturated rings. The second kappa shape index (κ2) is 6.12. The first-order valence-electron chi connectivity index (χ1n) is 6.67. The van der Waals surface area contributed by atoms with E-state index in [0.717, 1.165) is 4.90 Å². The maximum atomic E-state index is 12.6. The normalized spacial score (nSPS) is 17.9. The van der Waals surface area contributed by atoms with Gasteiger partial charge in [-0.25, -0.2) is 4.31 Å². The van der Waals surface area contributed by atoms with Crippen molar-refractivity contribution >= 4 is 40.9 Å². The summed E-state index contributed by atoms with van der Waals surface area (Å²) in [4.78, 5) is 25.9. The average Bonchev–Trinajstić information content (AvgIpc) is 2.49. The number of Topliss-reactive ketones (excluding diaryl/α,β-unsaturated/α-hetero) is 1. The third kappa shape index (κ3) is 2.88. The van der Waals surface area contributed by atoms with Crippen LogP contribution in [0.5, 0.6) is 0 Å². The van der Waals surface area contributed by atoms with Gasteiger partial charge in [0.2, 0.25) is 0 Å². The lowest BCUT2D eigenvalue weighted by Crippen LogP contribution is -2.46. The second-order valence-corrected chi connectivity index (χ2v) is 6.53. The van der Waals surface area contributed by atoms with Crippen molar-refractivity contribution in [3.63, 3.8) is 0 Å². The van der Waals surface area contributed by atoms with E-state index in [9.17, 15) is 9.59 Å². The van der Waals surface area contributed by atoms with Crippen molar-refractivity contribution in [2.45, 2.75) is 10.9 Å². The molecule has 0 aliphatic carbocycles. The molecule has 0 aromatic heterocycles. The Morgan fingerprint density at radius 3 is 2.59 bits per heavy atom. The summed E-state index contributed by atoms with van der Waals surface area (Å²) in [5.74, 6) is -0.542. The Morgan fingerprint density at radius 1 is 1.18 bits per heavy atom. The lowest BCUT2D eigenvalue weighted by Gasteiger charge is -2.30. The van der Waals surface area contributed by atoms with E-state index in [1.54, 1.807) is 47.8 Å². The zero-order valence-corrected chi connectivity index (χ0v) is 13.3. The molecule has 4 nitrogen and oxygen atoms in total. The van der Waals surface area contributed by atoms with Gasteiger partial charge in [-0.05, 0) is 49.3 Å². The summed E-state index contributed by atoms with van der Waals surface area (Å²) < 4.78 is 1.68. The number of amides is 1. The van der Waals surface area contributed by atoms with Gasteiger partial charge in [0.25, 0.3) is 5.91 Å². The van der Waals surface area contributed by atoms with Crippen molar-refractivity contribution < 1.29 is 9.59 Å². The molecule has 0 saturated carbocycles. The number of hydrogen-bond donors (Lipinski definition) is 1. The molecular weight excluding hydrogens is 320 g/mol. The molecule has 0 saturated heterocycles. The van der Waals surface area contributed by atoms with Crippen LogP contribution in [0.15, 0.2) is 53.4 Å². The van der Waals surface area contributed by atoms with Crippen LogP contribution < -0.4 is 5.32 Å². The summed E-state index contributed by atoms with van der Waals surface area (Å²) in [7, 11) is 1.74. The lowest BCUT2D eigenvalue weighted by molar-refractivity contribution is -0.118. The number of hydrogen-bond acceptors (Lipinski definition) is 4. The number of ketones is 1. The average molecular weight is 333 g/mol. The molecule has 3 rings (SSSR count). The van der Waals surface area contributed by atoms with Gasteiger partial charge >= 0.3 is 0 Å². The van der Waals surface area contributed by atoms with Gasteiger partial charge in [0.1, 0.15) is 0 Å². The summed E-state index contributed by atoms with van der Waals surface area (Å²) in [6.45, 7) is 0. The van der Waals surface area contributed by atoms with E-state index in [1.807, 2.05) is 12.1 Å². The Bertz CT molecular complexity index is 733. The maximum Gasteiger partial charge on any atom is 0.250 e. The van der Waals surface area contributed by atoms with E-state index in [4.69, 9.17) is 11.6 Å². The maximum absolute atomic E-state index is 12.6. The molecule has 112 valence electrons. The number of nitrogens with zero attached hydrogens (tertiary/aromatic N) is 1. The van der Waals surface area contributed by atoms with Crippen LogP contribution in [0, 0.1) is 0 Å². The zero-order valence-electron chi connectivity index (χ0n) is 11.7. The molecule has 1 unspecified atom stereocenters. The van der Waals surface area contributed by atoms with Gasteiger partial charge in [0, 0.05) is 21.2 Å². The Balaban J connectivity index is 1.83. The molecule has 6 heteroatoms. The smallest absolute Gasteiger partial charge is 0.250 e. The van der Waals surface area contributed by atoms with Gasteiger partial charge < -0.3 is 5.32 Å². The minimum Gasteiger partial charge on any atom is -0.324 e. The molecule has 22 heavy (non-hydrogen) atoms. The molecule has 2 aromatic carbocycles. The van der Waals surface area contributed by atoms with Crippen molar-refractivity contribution in [1.82, 2.24) is 4.31 Å². The van der Waals surface area contributed by atoms with E-state index in [0.29, 0.717) is 16.3 Å². The number of carbonyl (C=O) groups is 2. The highest BCUT2D eigenvalue weighted by atomic mass is 35.5. The molecular formula is C16H13ClN2O2S. The number of rotatable bonds is 2. The number of likely N-dealkylation sites (N-methyl/N-ethyl adjacent to an activating group) is 1. The van der Waals surface area contributed by atoms with Crippen LogP contribution >= 0.6 is 23.5 Å². The van der Waals surface area contributed by atoms with Crippen LogP contribution in [0.4, 0.5) is 5.69 Å². The fraction of sp³-hybridized carbons (Fsp3) is 0.125. The minimum atomic E-state index is -0.851. The van der Waals surface area contributed by atoms with Crippen LogP contribution in [-0.2, 0) is 4.79 Å². The monoisotopic (exact) mass is 332 g/mol. The number of halogens is 1. The summed E-state index contributed by atoms with van der Waals surface area (Å²) in [5, 5.41) is 3.35. The summed E-state index contributed by atoms with van der Waals surface area (Å²) in [6, 6.07) is 13.2. The van der Waals surface area contributed by atoms with Gasteiger partial charge in [0.15, 0.2) is 11.8 Å². The van der Waals surface area contributed by atoms with Gasteiger partial charge in [-0.1, -0.05) is 29.8 Å². The van der Waals surface area contributed by atoms with Gasteiger partial charge in [-0.2, -0.15) is 0 Å². The quantitative estimate of drug-likeness (QED) is 0.675. The molecule has 1 atom stereocenters. The number of benzene rings is 2. The molecule has 0 radical (unpaired) electrons. The largest absolute Gasteiger partial charge is 0.324 e. The molecule has 1 aliphatic rings. The van der Waals surface area contributed by atoms with Crippen LogP contribution in [0.2, 0.25) is 5.02 Å². The predicted octanol–water partition coefficient (Wildman–Crippen LogP) is 3.48. The molecule has 0 bridgehead atoms. The van der Waals surface area contributed by atoms with Crippen LogP contribution in [-0.4, -0.2) is 29.1 Å². The van der Waals surface area contributed by atoms with Gasteiger partial charge in [0.05, 0.1) is 0 Å². The Labute approximate surface area is 137 Å². The Morgan fingerprint density at radius 2 is 1.86 bits per heavy atom. The third-order valence-corrected chi connectivity index (χ3v) is 4.67. The van der Waals surface area contributed by atoms with Crippen LogP contribution in [0.3, 0.4) is 0 Å². The highest BCUT2D eigenvalue weighted by molar-refractivity contribution is 7.97. The number of nitrogens with one attached hydrogen (secondary N) is 1. The molecule has 1 heterocycles. The van der Waals surface area contributed by atoms with E-state index in [-0.39, 0.29) is 11.7 Å². The highest BCUT2D eigenvalue weighted by Gasteiger charge is 2.37. The van der Waals surface area contributed by atoms with Gasteiger partial charge in [-0.15, -0.1) is 0 Å². The van der Waals surface area contributed by atoms with Gasteiger partial charge in [-0.3, -0.25) is 9.59 Å². The molecule has 0 spiro atoms. The standard InChI is InChI=1S/C16H13ClN2O2S/c1-19-14(15(20)12-4-2-3-5-13(12)22-19)16(21)18-11-8-6-10(17)7-9-11/h2-9,14H,1H3,(H,18,21). The molecule has 1 aliphatic heterocycles. The van der Waals surface area contributed by atoms with Crippen molar-refractivity contribution in [3.8, 4) is 0 Å². The summed E-state index contributed by atoms with van der Waals surface area (Å²) >= 11 is 7.22. The van der Waals surface area contributed by atoms with E-state index >= 15 is 0 Å². The fourth-order valence-electron chi connectivity index (χ4n) is 2.30. The predicted molar refractivity (Wildman–Crippen MR) is 88.3 cm³/mol. The topological polar surface area (TPSA) is 49.4 Å². The first kappa shape index (κ1) is 15.1. The molecule has 1 N–H and O–H groups in total. The zero-order chi connectivity index (χ0) is 15.7. The second-order valence-electron chi connectivity index (χ2n) is 4.90. The minimum absolute atomic E-state index is 0.191. The third-order valence-electron chi connectivity index (χ3n) is 3.37. The van der Waals surface area contributed by atoms with Crippen molar-refractivity contribution in [1.29, 1.82) is 0 Å². The van der Waals surface area contributed by atoms with Crippen molar-refractivity contribution in [3.05, 3.63) is 59.1 Å². The molecule has 2 aromatic rings. The van der Waals surface area contributed by atoms with Crippen LogP contribution in [0.25, 0.3) is 0 Å². The van der Waals surface area contributed by atoms with Crippen LogP contribution in [0.1, 0.15) is 10.4 Å². The number of anilines is 1. The Kier molecular flexibility index (Phi) is 4.20. The van der Waals surface area contributed by atoms with E-state index in [2.05, 4.69) is 5.32 Å². The molecule has 1 amide bonds. The summed E-state index contributed by atoms with van der Waals surface area (Å²) in [6.07, 6.45) is 0. The van der Waals surface area contributed by atoms with Crippen molar-refractivity contribution in [2.75, 3.05) is 12.4 Å². The van der Waals surface area contributed by atoms with E-state index in [1.165, 1.54) is 11.9 Å². The highest BCUT2D eigenvalue weighted by Crippen LogP contribution is 2.34. The van der Waals surface area contributed by atoms with Crippen molar-refractivity contribution in [2.24, 2.45) is 0 Å². The lowest BCUT2D eigenvalue weighted by atomic mass is 10.0. The summed E-state index contributed by atoms with van der Waals surface area (Å²) in [5.41, 5.74) is 1.20.